The molecule has 2 aromatic rings. The molecule has 1 aliphatic rings. The van der Waals surface area contributed by atoms with E-state index in [9.17, 15) is 10.1 Å². The number of rotatable bonds is 10. The topological polar surface area (TPSA) is 102 Å². The first-order valence-corrected chi connectivity index (χ1v) is 10.8. The second kappa shape index (κ2) is 12.5. The summed E-state index contributed by atoms with van der Waals surface area (Å²) in [5.74, 6) is 1.57. The lowest BCUT2D eigenvalue weighted by Crippen LogP contribution is -2.38. The van der Waals surface area contributed by atoms with E-state index in [2.05, 4.69) is 10.2 Å². The lowest BCUT2D eigenvalue weighted by Gasteiger charge is -2.26. The monoisotopic (exact) mass is 467 g/mol. The molecule has 0 unspecified atom stereocenters. The molecule has 0 bridgehead atoms. The first-order chi connectivity index (χ1) is 16.6. The van der Waals surface area contributed by atoms with Crippen LogP contribution in [0.1, 0.15) is 5.56 Å². The van der Waals surface area contributed by atoms with Gasteiger partial charge in [-0.05, 0) is 35.9 Å². The Hall–Kier alpha value is -3.74. The van der Waals surface area contributed by atoms with Gasteiger partial charge in [0.25, 0.3) is 5.91 Å². The quantitative estimate of drug-likeness (QED) is 0.420. The van der Waals surface area contributed by atoms with E-state index in [1.165, 1.54) is 20.3 Å². The minimum Gasteiger partial charge on any atom is -0.497 e. The standard InChI is InChI=1S/C25H29N3O6/c1-30-20-5-6-21(23(16-20)31-2)27-25(29)19(17-26)14-18-4-7-22(24(15-18)32-3)34-13-10-28-8-11-33-12-9-28/h4-7,14-16H,8-13H2,1-3H3,(H,27,29)/b19-14+. The summed E-state index contributed by atoms with van der Waals surface area (Å²) < 4.78 is 27.2. The third-order valence-electron chi connectivity index (χ3n) is 5.29. The molecule has 180 valence electrons. The van der Waals surface area contributed by atoms with Crippen LogP contribution in [0, 0.1) is 11.3 Å². The molecule has 1 heterocycles. The van der Waals surface area contributed by atoms with Gasteiger partial charge in [0.1, 0.15) is 29.7 Å². The van der Waals surface area contributed by atoms with Gasteiger partial charge in [-0.3, -0.25) is 9.69 Å². The molecule has 2 aromatic carbocycles. The summed E-state index contributed by atoms with van der Waals surface area (Å²) in [6, 6.07) is 12.2. The number of carbonyl (C=O) groups is 1. The molecular formula is C25H29N3O6. The number of nitrogens with zero attached hydrogens (tertiary/aromatic N) is 2. The highest BCUT2D eigenvalue weighted by atomic mass is 16.5. The van der Waals surface area contributed by atoms with Gasteiger partial charge in [0.15, 0.2) is 11.5 Å². The molecule has 0 atom stereocenters. The van der Waals surface area contributed by atoms with Crippen molar-refractivity contribution in [2.24, 2.45) is 0 Å². The van der Waals surface area contributed by atoms with E-state index in [-0.39, 0.29) is 5.57 Å². The maximum atomic E-state index is 12.7. The van der Waals surface area contributed by atoms with E-state index in [1.807, 2.05) is 6.07 Å². The van der Waals surface area contributed by atoms with Crippen LogP contribution in [-0.4, -0.2) is 71.6 Å². The van der Waals surface area contributed by atoms with Crippen LogP contribution in [0.25, 0.3) is 6.08 Å². The number of carbonyl (C=O) groups excluding carboxylic acids is 1. The van der Waals surface area contributed by atoms with Gasteiger partial charge in [0, 0.05) is 25.7 Å². The SMILES string of the molecule is COc1ccc(NC(=O)/C(C#N)=C/c2ccc(OCCN3CCOCC3)c(OC)c2)c(OC)c1. The van der Waals surface area contributed by atoms with Crippen LogP contribution in [0.5, 0.6) is 23.0 Å². The summed E-state index contributed by atoms with van der Waals surface area (Å²) in [6.07, 6.45) is 1.49. The third kappa shape index (κ3) is 6.63. The van der Waals surface area contributed by atoms with Gasteiger partial charge in [-0.1, -0.05) is 6.07 Å². The highest BCUT2D eigenvalue weighted by Crippen LogP contribution is 2.31. The van der Waals surface area contributed by atoms with Crippen LogP contribution >= 0.6 is 0 Å². The van der Waals surface area contributed by atoms with Gasteiger partial charge < -0.3 is 29.0 Å². The van der Waals surface area contributed by atoms with E-state index in [4.69, 9.17) is 23.7 Å². The van der Waals surface area contributed by atoms with Crippen molar-refractivity contribution in [1.82, 2.24) is 4.90 Å². The number of nitriles is 1. The molecular weight excluding hydrogens is 438 g/mol. The van der Waals surface area contributed by atoms with Crippen molar-refractivity contribution in [1.29, 1.82) is 5.26 Å². The fourth-order valence-electron chi connectivity index (χ4n) is 3.41. The van der Waals surface area contributed by atoms with Crippen molar-refractivity contribution in [2.45, 2.75) is 0 Å². The Morgan fingerprint density at radius 3 is 2.50 bits per heavy atom. The number of methoxy groups -OCH3 is 3. The minimum atomic E-state index is -0.559. The van der Waals surface area contributed by atoms with E-state index in [0.29, 0.717) is 40.9 Å². The van der Waals surface area contributed by atoms with Gasteiger partial charge in [-0.2, -0.15) is 5.26 Å². The first-order valence-electron chi connectivity index (χ1n) is 10.8. The van der Waals surface area contributed by atoms with Gasteiger partial charge in [-0.25, -0.2) is 0 Å². The van der Waals surface area contributed by atoms with Crippen molar-refractivity contribution < 1.29 is 28.5 Å². The summed E-state index contributed by atoms with van der Waals surface area (Å²) >= 11 is 0. The minimum absolute atomic E-state index is 0.0686. The second-order valence-electron chi connectivity index (χ2n) is 7.40. The normalized spacial score (nSPS) is 14.1. The Morgan fingerprint density at radius 1 is 1.06 bits per heavy atom. The predicted molar refractivity (Wildman–Crippen MR) is 128 cm³/mol. The lowest BCUT2D eigenvalue weighted by atomic mass is 10.1. The van der Waals surface area contributed by atoms with E-state index in [0.717, 1.165) is 32.8 Å². The molecule has 1 amide bonds. The number of ether oxygens (including phenoxy) is 5. The fourth-order valence-corrected chi connectivity index (χ4v) is 3.41. The van der Waals surface area contributed by atoms with Crippen LogP contribution in [-0.2, 0) is 9.53 Å². The number of anilines is 1. The van der Waals surface area contributed by atoms with Crippen LogP contribution in [0.4, 0.5) is 5.69 Å². The van der Waals surface area contributed by atoms with Gasteiger partial charge >= 0.3 is 0 Å². The van der Waals surface area contributed by atoms with Crippen molar-refractivity contribution in [3.05, 3.63) is 47.5 Å². The highest BCUT2D eigenvalue weighted by molar-refractivity contribution is 6.10. The highest BCUT2D eigenvalue weighted by Gasteiger charge is 2.15. The molecule has 9 heteroatoms. The smallest absolute Gasteiger partial charge is 0.266 e. The van der Waals surface area contributed by atoms with Crippen molar-refractivity contribution in [3.63, 3.8) is 0 Å². The fraction of sp³-hybridized carbons (Fsp3) is 0.360. The van der Waals surface area contributed by atoms with Crippen LogP contribution in [0.3, 0.4) is 0 Å². The van der Waals surface area contributed by atoms with Gasteiger partial charge in [-0.15, -0.1) is 0 Å². The van der Waals surface area contributed by atoms with Crippen LogP contribution < -0.4 is 24.3 Å². The Morgan fingerprint density at radius 2 is 1.82 bits per heavy atom. The predicted octanol–water partition coefficient (Wildman–Crippen LogP) is 2.97. The van der Waals surface area contributed by atoms with Crippen LogP contribution in [0.2, 0.25) is 0 Å². The largest absolute Gasteiger partial charge is 0.497 e. The Kier molecular flexibility index (Phi) is 9.14. The number of hydrogen-bond acceptors (Lipinski definition) is 8. The number of hydrogen-bond donors (Lipinski definition) is 1. The molecule has 3 rings (SSSR count). The van der Waals surface area contributed by atoms with Crippen molar-refractivity contribution in [2.75, 3.05) is 66.1 Å². The molecule has 1 aliphatic heterocycles. The molecule has 0 aliphatic carbocycles. The first kappa shape index (κ1) is 24.9. The molecule has 9 nitrogen and oxygen atoms in total. The molecule has 1 saturated heterocycles. The summed E-state index contributed by atoms with van der Waals surface area (Å²) in [5, 5.41) is 12.3. The van der Waals surface area contributed by atoms with E-state index < -0.39 is 5.91 Å². The summed E-state index contributed by atoms with van der Waals surface area (Å²) in [7, 11) is 4.58. The average Bonchev–Trinajstić information content (AvgIpc) is 2.88. The Bertz CT molecular complexity index is 1060. The van der Waals surface area contributed by atoms with Gasteiger partial charge in [0.05, 0.1) is 40.2 Å². The summed E-state index contributed by atoms with van der Waals surface area (Å²) in [5.41, 5.74) is 0.989. The maximum absolute atomic E-state index is 12.7. The van der Waals surface area contributed by atoms with Crippen molar-refractivity contribution >= 4 is 17.7 Å². The number of nitrogens with one attached hydrogen (secondary N) is 1. The summed E-state index contributed by atoms with van der Waals surface area (Å²) in [4.78, 5) is 15.0. The number of morpholine rings is 1. The van der Waals surface area contributed by atoms with Gasteiger partial charge in [0.2, 0.25) is 0 Å². The maximum Gasteiger partial charge on any atom is 0.266 e. The molecule has 1 fully saturated rings. The Balaban J connectivity index is 1.68. The van der Waals surface area contributed by atoms with E-state index in [1.54, 1.807) is 43.5 Å². The van der Waals surface area contributed by atoms with E-state index >= 15 is 0 Å². The molecule has 1 N–H and O–H groups in total. The lowest BCUT2D eigenvalue weighted by molar-refractivity contribution is -0.112. The average molecular weight is 468 g/mol. The summed E-state index contributed by atoms with van der Waals surface area (Å²) in [6.45, 7) is 4.58. The zero-order valence-electron chi connectivity index (χ0n) is 19.6. The third-order valence-corrected chi connectivity index (χ3v) is 5.29. The zero-order valence-corrected chi connectivity index (χ0v) is 19.6. The molecule has 0 spiro atoms. The second-order valence-corrected chi connectivity index (χ2v) is 7.40. The molecule has 0 saturated carbocycles. The van der Waals surface area contributed by atoms with Crippen molar-refractivity contribution in [3.8, 4) is 29.1 Å². The number of benzene rings is 2. The molecule has 34 heavy (non-hydrogen) atoms. The molecule has 0 aromatic heterocycles. The zero-order chi connectivity index (χ0) is 24.3. The number of amides is 1. The van der Waals surface area contributed by atoms with Crippen LogP contribution in [0.15, 0.2) is 42.0 Å². The molecule has 0 radical (unpaired) electrons. The Labute approximate surface area is 199 Å².